The Morgan fingerprint density at radius 2 is 1.00 bits per heavy atom. The molecule has 102 valence electrons. The van der Waals surface area contributed by atoms with Crippen molar-refractivity contribution in [3.63, 3.8) is 0 Å². The van der Waals surface area contributed by atoms with Gasteiger partial charge in [0, 0.05) is 0 Å². The molecule has 0 radical (unpaired) electrons. The van der Waals surface area contributed by atoms with Gasteiger partial charge in [-0.2, -0.15) is 0 Å². The van der Waals surface area contributed by atoms with Crippen molar-refractivity contribution in [1.29, 1.82) is 0 Å². The third-order valence-electron chi connectivity index (χ3n) is 7.28. The Labute approximate surface area is 113 Å². The van der Waals surface area contributed by atoms with E-state index in [0.717, 1.165) is 5.92 Å². The Hall–Kier alpha value is 0. The number of fused-ring (bicyclic) bond motifs is 3. The Morgan fingerprint density at radius 3 is 1.89 bits per heavy atom. The highest BCUT2D eigenvalue weighted by atomic mass is 14.6. The summed E-state index contributed by atoms with van der Waals surface area (Å²) in [5, 5.41) is 0. The first-order chi connectivity index (χ1) is 8.93. The highest BCUT2D eigenvalue weighted by Gasteiger charge is 2.51. The summed E-state index contributed by atoms with van der Waals surface area (Å²) < 4.78 is 0. The third kappa shape index (κ3) is 1.86. The molecule has 5 unspecified atom stereocenters. The first-order valence-electron chi connectivity index (χ1n) is 8.93. The van der Waals surface area contributed by atoms with Crippen LogP contribution >= 0.6 is 0 Å². The van der Waals surface area contributed by atoms with Crippen molar-refractivity contribution in [1.82, 2.24) is 0 Å². The summed E-state index contributed by atoms with van der Waals surface area (Å²) in [5.74, 6) is 7.02. The largest absolute Gasteiger partial charge is 0.0533 e. The summed E-state index contributed by atoms with van der Waals surface area (Å²) in [5.41, 5.74) is 0. The van der Waals surface area contributed by atoms with Gasteiger partial charge in [0.15, 0.2) is 0 Å². The quantitative estimate of drug-likeness (QED) is 0.579. The molecule has 18 heavy (non-hydrogen) atoms. The van der Waals surface area contributed by atoms with Gasteiger partial charge in [0.25, 0.3) is 0 Å². The van der Waals surface area contributed by atoms with Crippen LogP contribution in [0, 0.1) is 35.5 Å². The van der Waals surface area contributed by atoms with Gasteiger partial charge in [0.05, 0.1) is 0 Å². The third-order valence-corrected chi connectivity index (χ3v) is 7.28. The van der Waals surface area contributed by atoms with E-state index in [-0.39, 0.29) is 0 Å². The molecular weight excluding hydrogens is 216 g/mol. The maximum Gasteiger partial charge on any atom is -0.0349 e. The minimum Gasteiger partial charge on any atom is -0.0533 e. The van der Waals surface area contributed by atoms with Crippen LogP contribution in [0.4, 0.5) is 0 Å². The van der Waals surface area contributed by atoms with Gasteiger partial charge in [0.1, 0.15) is 0 Å². The number of hydrogen-bond donors (Lipinski definition) is 0. The molecule has 0 aromatic carbocycles. The molecule has 4 saturated carbocycles. The van der Waals surface area contributed by atoms with E-state index in [4.69, 9.17) is 0 Å². The summed E-state index contributed by atoms with van der Waals surface area (Å²) >= 11 is 0. The van der Waals surface area contributed by atoms with Crippen LogP contribution in [-0.4, -0.2) is 0 Å². The molecule has 0 bridgehead atoms. The van der Waals surface area contributed by atoms with Crippen LogP contribution in [0.1, 0.15) is 77.0 Å². The lowest BCUT2D eigenvalue weighted by Gasteiger charge is -2.31. The Bertz CT molecular complexity index is 288. The van der Waals surface area contributed by atoms with Crippen LogP contribution in [-0.2, 0) is 0 Å². The summed E-state index contributed by atoms with van der Waals surface area (Å²) in [7, 11) is 0. The fraction of sp³-hybridized carbons (Fsp3) is 1.00. The first kappa shape index (κ1) is 11.8. The lowest BCUT2D eigenvalue weighted by Crippen LogP contribution is -2.22. The molecule has 0 aromatic rings. The predicted octanol–water partition coefficient (Wildman–Crippen LogP) is 5.42. The van der Waals surface area contributed by atoms with E-state index in [0.29, 0.717) is 0 Å². The molecule has 0 aromatic heterocycles. The molecule has 0 aliphatic heterocycles. The van der Waals surface area contributed by atoms with Crippen molar-refractivity contribution in [3.8, 4) is 0 Å². The van der Waals surface area contributed by atoms with Gasteiger partial charge in [-0.3, -0.25) is 0 Å². The lowest BCUT2D eigenvalue weighted by atomic mass is 9.74. The lowest BCUT2D eigenvalue weighted by molar-refractivity contribution is 0.188. The van der Waals surface area contributed by atoms with E-state index in [9.17, 15) is 0 Å². The van der Waals surface area contributed by atoms with Crippen molar-refractivity contribution in [2.45, 2.75) is 77.0 Å². The zero-order chi connectivity index (χ0) is 11.9. The van der Waals surface area contributed by atoms with E-state index in [1.165, 1.54) is 36.0 Å². The molecule has 0 amide bonds. The molecule has 0 N–H and O–H groups in total. The van der Waals surface area contributed by atoms with Crippen molar-refractivity contribution >= 4 is 0 Å². The molecule has 0 heterocycles. The second-order valence-electron chi connectivity index (χ2n) is 7.91. The van der Waals surface area contributed by atoms with Crippen LogP contribution in [0.3, 0.4) is 0 Å². The highest BCUT2D eigenvalue weighted by molar-refractivity contribution is 5.00. The van der Waals surface area contributed by atoms with E-state index in [2.05, 4.69) is 0 Å². The number of hydrogen-bond acceptors (Lipinski definition) is 0. The van der Waals surface area contributed by atoms with E-state index >= 15 is 0 Å². The van der Waals surface area contributed by atoms with Gasteiger partial charge >= 0.3 is 0 Å². The molecule has 0 saturated heterocycles. The van der Waals surface area contributed by atoms with Gasteiger partial charge in [-0.1, -0.05) is 51.4 Å². The second kappa shape index (κ2) is 4.84. The van der Waals surface area contributed by atoms with Gasteiger partial charge in [0.2, 0.25) is 0 Å². The molecule has 4 aliphatic carbocycles. The molecule has 4 fully saturated rings. The van der Waals surface area contributed by atoms with Crippen LogP contribution in [0.15, 0.2) is 0 Å². The molecule has 4 rings (SSSR count). The maximum absolute atomic E-state index is 1.65. The minimum atomic E-state index is 1.15. The molecule has 0 nitrogen and oxygen atoms in total. The van der Waals surface area contributed by atoms with Crippen molar-refractivity contribution in [3.05, 3.63) is 0 Å². The summed E-state index contributed by atoms with van der Waals surface area (Å²) in [4.78, 5) is 0. The van der Waals surface area contributed by atoms with Crippen molar-refractivity contribution in [2.24, 2.45) is 35.5 Å². The van der Waals surface area contributed by atoms with Crippen LogP contribution < -0.4 is 0 Å². The second-order valence-corrected chi connectivity index (χ2v) is 7.91. The van der Waals surface area contributed by atoms with Crippen LogP contribution in [0.25, 0.3) is 0 Å². The topological polar surface area (TPSA) is 0 Å². The first-order valence-corrected chi connectivity index (χ1v) is 8.93. The van der Waals surface area contributed by atoms with E-state index in [1.54, 1.807) is 70.6 Å². The molecule has 0 heteroatoms. The van der Waals surface area contributed by atoms with E-state index in [1.807, 2.05) is 0 Å². The summed E-state index contributed by atoms with van der Waals surface area (Å²) in [6.45, 7) is 0. The fourth-order valence-electron chi connectivity index (χ4n) is 6.60. The molecule has 4 aliphatic rings. The monoisotopic (exact) mass is 246 g/mol. The fourth-order valence-corrected chi connectivity index (χ4v) is 6.60. The Balaban J connectivity index is 1.48. The van der Waals surface area contributed by atoms with Crippen molar-refractivity contribution in [2.75, 3.05) is 0 Å². The average molecular weight is 246 g/mol. The van der Waals surface area contributed by atoms with Gasteiger partial charge < -0.3 is 0 Å². The molecule has 0 spiro atoms. The van der Waals surface area contributed by atoms with Crippen molar-refractivity contribution < 1.29 is 0 Å². The van der Waals surface area contributed by atoms with Gasteiger partial charge in [-0.25, -0.2) is 0 Å². The maximum atomic E-state index is 1.65. The zero-order valence-electron chi connectivity index (χ0n) is 11.9. The zero-order valence-corrected chi connectivity index (χ0v) is 11.9. The SMILES string of the molecule is C1CCC(C2CCC3C4CCCCC4CC23)CC1. The normalized spacial score (nSPS) is 49.0. The van der Waals surface area contributed by atoms with Crippen LogP contribution in [0.5, 0.6) is 0 Å². The van der Waals surface area contributed by atoms with Gasteiger partial charge in [-0.15, -0.1) is 0 Å². The highest BCUT2D eigenvalue weighted by Crippen LogP contribution is 2.59. The smallest absolute Gasteiger partial charge is 0.0349 e. The Morgan fingerprint density at radius 1 is 0.389 bits per heavy atom. The molecular formula is C18H30. The summed E-state index contributed by atoms with van der Waals surface area (Å²) in [6.07, 6.45) is 19.0. The average Bonchev–Trinajstić information content (AvgIpc) is 2.98. The standard InChI is InChI=1S/C18H30/c1-2-6-13(7-3-1)16-10-11-17-15-9-5-4-8-14(15)12-18(16)17/h13-18H,1-12H2. The Kier molecular flexibility index (Phi) is 3.17. The summed E-state index contributed by atoms with van der Waals surface area (Å²) in [6, 6.07) is 0. The van der Waals surface area contributed by atoms with Crippen LogP contribution in [0.2, 0.25) is 0 Å². The molecule has 5 atom stereocenters. The van der Waals surface area contributed by atoms with Gasteiger partial charge in [-0.05, 0) is 61.2 Å². The number of rotatable bonds is 1. The minimum absolute atomic E-state index is 1.15. The predicted molar refractivity (Wildman–Crippen MR) is 76.3 cm³/mol. The van der Waals surface area contributed by atoms with E-state index < -0.39 is 0 Å².